The Morgan fingerprint density at radius 1 is 1.05 bits per heavy atom. The number of methoxy groups -OCH3 is 1. The summed E-state index contributed by atoms with van der Waals surface area (Å²) in [5, 5.41) is 12.2. The lowest BCUT2D eigenvalue weighted by Crippen LogP contribution is -2.55. The predicted molar refractivity (Wildman–Crippen MR) is 160 cm³/mol. The zero-order valence-electron chi connectivity index (χ0n) is 25.2. The van der Waals surface area contributed by atoms with Gasteiger partial charge >= 0.3 is 0 Å². The Balaban J connectivity index is 1.32. The molecule has 3 fully saturated rings. The fourth-order valence-corrected chi connectivity index (χ4v) is 6.52. The standard InChI is InChI=1S/C32H43N5O6/c1-18(2)14-24(36-30(41)25-16-21-22(34-25)8-7-9-26(21)43-3)29(40)35-23(27(38)31(42)33-20-10-11-20)15-19-17-32(37-28(19)39)12-5-4-6-13-32/h7-9,16,18-20,23-24,34H,4-6,10-15,17H2,1-3H3,(H,33,42)(H,35,40)(H,36,41)(H,37,39)/t19?,23?,24-/m0/s1. The smallest absolute Gasteiger partial charge is 0.289 e. The fourth-order valence-electron chi connectivity index (χ4n) is 6.52. The monoisotopic (exact) mass is 593 g/mol. The number of nitrogens with one attached hydrogen (secondary N) is 5. The van der Waals surface area contributed by atoms with E-state index in [0.29, 0.717) is 24.1 Å². The van der Waals surface area contributed by atoms with Gasteiger partial charge in [0, 0.05) is 28.4 Å². The SMILES string of the molecule is COc1cccc2[nH]c(C(=O)N[C@@H](CC(C)C)C(=O)NC(CC3CC4(CCCCC4)NC3=O)C(=O)C(=O)NC3CC3)cc12. The number of hydrogen-bond donors (Lipinski definition) is 5. The largest absolute Gasteiger partial charge is 0.496 e. The van der Waals surface area contributed by atoms with Gasteiger partial charge in [0.15, 0.2) is 0 Å². The summed E-state index contributed by atoms with van der Waals surface area (Å²) in [5.74, 6) is -2.57. The van der Waals surface area contributed by atoms with Crippen molar-refractivity contribution in [3.63, 3.8) is 0 Å². The highest BCUT2D eigenvalue weighted by atomic mass is 16.5. The normalized spacial score (nSPS) is 20.8. The molecule has 5 N–H and O–H groups in total. The quantitative estimate of drug-likeness (QED) is 0.238. The second-order valence-corrected chi connectivity index (χ2v) is 12.9. The Kier molecular flexibility index (Phi) is 9.08. The number of hydrogen-bond acceptors (Lipinski definition) is 6. The molecule has 3 atom stereocenters. The lowest BCUT2D eigenvalue weighted by Gasteiger charge is -2.33. The Labute approximate surface area is 251 Å². The summed E-state index contributed by atoms with van der Waals surface area (Å²) in [6.07, 6.45) is 7.53. The summed E-state index contributed by atoms with van der Waals surface area (Å²) in [6.45, 7) is 3.86. The van der Waals surface area contributed by atoms with Crippen LogP contribution in [0, 0.1) is 11.8 Å². The van der Waals surface area contributed by atoms with Crippen molar-refractivity contribution in [1.29, 1.82) is 0 Å². The zero-order chi connectivity index (χ0) is 30.7. The van der Waals surface area contributed by atoms with Gasteiger partial charge in [-0.05, 0) is 69.1 Å². The van der Waals surface area contributed by atoms with E-state index >= 15 is 0 Å². The molecule has 11 nitrogen and oxygen atoms in total. The molecule has 1 spiro atoms. The van der Waals surface area contributed by atoms with Crippen molar-refractivity contribution in [3.05, 3.63) is 30.0 Å². The van der Waals surface area contributed by atoms with Gasteiger partial charge in [0.05, 0.1) is 13.2 Å². The molecule has 43 heavy (non-hydrogen) atoms. The number of carbonyl (C=O) groups is 5. The maximum Gasteiger partial charge on any atom is 0.289 e. The molecule has 2 heterocycles. The average molecular weight is 594 g/mol. The van der Waals surface area contributed by atoms with E-state index in [1.165, 1.54) is 0 Å². The van der Waals surface area contributed by atoms with Crippen molar-refractivity contribution in [2.24, 2.45) is 11.8 Å². The second kappa shape index (κ2) is 12.8. The first-order valence-electron chi connectivity index (χ1n) is 15.5. The van der Waals surface area contributed by atoms with Gasteiger partial charge in [-0.15, -0.1) is 0 Å². The van der Waals surface area contributed by atoms with Gasteiger partial charge < -0.3 is 31.0 Å². The molecule has 2 aliphatic carbocycles. The Morgan fingerprint density at radius 3 is 2.47 bits per heavy atom. The minimum absolute atomic E-state index is 0.0282. The molecule has 11 heteroatoms. The van der Waals surface area contributed by atoms with Crippen molar-refractivity contribution in [1.82, 2.24) is 26.3 Å². The van der Waals surface area contributed by atoms with Crippen LogP contribution in [0.2, 0.25) is 0 Å². The molecule has 1 saturated heterocycles. The van der Waals surface area contributed by atoms with Gasteiger partial charge in [-0.2, -0.15) is 0 Å². The Hall–Kier alpha value is -3.89. The lowest BCUT2D eigenvalue weighted by molar-refractivity contribution is -0.141. The molecule has 2 unspecified atom stereocenters. The van der Waals surface area contributed by atoms with Crippen LogP contribution < -0.4 is 26.0 Å². The minimum atomic E-state index is -1.19. The maximum atomic E-state index is 13.7. The molecule has 3 aliphatic rings. The summed E-state index contributed by atoms with van der Waals surface area (Å²) in [7, 11) is 1.55. The molecule has 0 bridgehead atoms. The molecule has 232 valence electrons. The van der Waals surface area contributed by atoms with Crippen LogP contribution in [0.25, 0.3) is 10.9 Å². The van der Waals surface area contributed by atoms with Crippen LogP contribution in [0.15, 0.2) is 24.3 Å². The Bertz CT molecular complexity index is 1390. The van der Waals surface area contributed by atoms with Gasteiger partial charge in [0.25, 0.3) is 11.8 Å². The second-order valence-electron chi connectivity index (χ2n) is 12.9. The van der Waals surface area contributed by atoms with Gasteiger partial charge in [-0.1, -0.05) is 39.2 Å². The number of fused-ring (bicyclic) bond motifs is 1. The summed E-state index contributed by atoms with van der Waals surface area (Å²) in [4.78, 5) is 69.3. The summed E-state index contributed by atoms with van der Waals surface area (Å²) < 4.78 is 5.40. The van der Waals surface area contributed by atoms with Crippen LogP contribution in [0.1, 0.15) is 88.5 Å². The van der Waals surface area contributed by atoms with Crippen molar-refractivity contribution in [2.45, 2.75) is 102 Å². The van der Waals surface area contributed by atoms with E-state index in [4.69, 9.17) is 4.74 Å². The van der Waals surface area contributed by atoms with Crippen molar-refractivity contribution in [2.75, 3.05) is 7.11 Å². The fraction of sp³-hybridized carbons (Fsp3) is 0.594. The lowest BCUT2D eigenvalue weighted by atomic mass is 9.78. The topological polar surface area (TPSA) is 158 Å². The van der Waals surface area contributed by atoms with Crippen molar-refractivity contribution < 1.29 is 28.7 Å². The highest BCUT2D eigenvalue weighted by Gasteiger charge is 2.46. The number of benzene rings is 1. The van der Waals surface area contributed by atoms with E-state index in [2.05, 4.69) is 26.3 Å². The van der Waals surface area contributed by atoms with Crippen molar-refractivity contribution in [3.8, 4) is 5.75 Å². The molecule has 2 saturated carbocycles. The number of H-pyrrole nitrogens is 1. The van der Waals surface area contributed by atoms with Crippen LogP contribution in [0.5, 0.6) is 5.75 Å². The van der Waals surface area contributed by atoms with Crippen LogP contribution >= 0.6 is 0 Å². The van der Waals surface area contributed by atoms with Crippen LogP contribution in [0.3, 0.4) is 0 Å². The number of amides is 4. The Morgan fingerprint density at radius 2 is 1.79 bits per heavy atom. The molecule has 4 amide bonds. The highest BCUT2D eigenvalue weighted by Crippen LogP contribution is 2.39. The first-order chi connectivity index (χ1) is 20.6. The van der Waals surface area contributed by atoms with E-state index in [1.54, 1.807) is 19.2 Å². The third-order valence-electron chi connectivity index (χ3n) is 8.91. The molecule has 2 aromatic rings. The number of rotatable bonds is 12. The van der Waals surface area contributed by atoms with E-state index in [9.17, 15) is 24.0 Å². The highest BCUT2D eigenvalue weighted by molar-refractivity contribution is 6.38. The average Bonchev–Trinajstić information content (AvgIpc) is 3.59. The van der Waals surface area contributed by atoms with Crippen LogP contribution in [-0.2, 0) is 19.2 Å². The molecular formula is C32H43N5O6. The van der Waals surface area contributed by atoms with E-state index in [-0.39, 0.29) is 35.5 Å². The van der Waals surface area contributed by atoms with Gasteiger partial charge in [-0.25, -0.2) is 0 Å². The van der Waals surface area contributed by atoms with Crippen LogP contribution in [-0.4, -0.2) is 65.2 Å². The third kappa shape index (κ3) is 7.19. The van der Waals surface area contributed by atoms with Crippen molar-refractivity contribution >= 4 is 40.3 Å². The number of Topliss-reactive ketones (excluding diaryl/α,β-unsaturated/α-hetero) is 1. The molecule has 1 aromatic carbocycles. The summed E-state index contributed by atoms with van der Waals surface area (Å²) >= 11 is 0. The summed E-state index contributed by atoms with van der Waals surface area (Å²) in [5.41, 5.74) is 0.703. The maximum absolute atomic E-state index is 13.7. The first-order valence-corrected chi connectivity index (χ1v) is 15.5. The van der Waals surface area contributed by atoms with E-state index in [1.807, 2.05) is 26.0 Å². The minimum Gasteiger partial charge on any atom is -0.496 e. The number of aromatic amines is 1. The molecule has 1 aromatic heterocycles. The van der Waals surface area contributed by atoms with Crippen LogP contribution in [0.4, 0.5) is 0 Å². The van der Waals surface area contributed by atoms with Gasteiger partial charge in [0.2, 0.25) is 17.6 Å². The number of aromatic nitrogens is 1. The number of ketones is 1. The third-order valence-corrected chi connectivity index (χ3v) is 8.91. The molecular weight excluding hydrogens is 550 g/mol. The van der Waals surface area contributed by atoms with E-state index in [0.717, 1.165) is 50.3 Å². The first kappa shape index (κ1) is 30.6. The van der Waals surface area contributed by atoms with Gasteiger partial charge in [0.1, 0.15) is 17.5 Å². The molecule has 1 aliphatic heterocycles. The number of carbonyl (C=O) groups excluding carboxylic acids is 5. The zero-order valence-corrected chi connectivity index (χ0v) is 25.2. The predicted octanol–water partition coefficient (Wildman–Crippen LogP) is 2.88. The molecule has 0 radical (unpaired) electrons. The molecule has 5 rings (SSSR count). The summed E-state index contributed by atoms with van der Waals surface area (Å²) in [6, 6.07) is 4.91. The van der Waals surface area contributed by atoms with Gasteiger partial charge in [-0.3, -0.25) is 24.0 Å². The number of ether oxygens (including phenoxy) is 1. The van der Waals surface area contributed by atoms with E-state index < -0.39 is 41.5 Å².